The third-order valence-electron chi connectivity index (χ3n) is 1.83. The molecule has 0 aromatic carbocycles. The fraction of sp³-hybridized carbons (Fsp3) is 0.625. The number of methoxy groups -OCH3 is 1. The summed E-state index contributed by atoms with van der Waals surface area (Å²) in [7, 11) is 1.36. The number of aromatic nitrogens is 3. The maximum absolute atomic E-state index is 11.0. The Hall–Kier alpha value is -1.43. The summed E-state index contributed by atoms with van der Waals surface area (Å²) < 4.78 is 6.22. The number of nitrogens with two attached hydrogens (primary N) is 1. The number of hydrogen-bond acceptors (Lipinski definition) is 5. The number of carbonyl (C=O) groups is 1. The molecular formula is C8H14N4O2. The first-order chi connectivity index (χ1) is 6.77. The van der Waals surface area contributed by atoms with Gasteiger partial charge < -0.3 is 10.5 Å². The van der Waals surface area contributed by atoms with Crippen LogP contribution in [0.2, 0.25) is 0 Å². The van der Waals surface area contributed by atoms with Crippen LogP contribution in [0, 0.1) is 0 Å². The normalized spacial score (nSPS) is 10.1. The molecule has 0 unspecified atom stereocenters. The number of ether oxygens (including phenoxy) is 1. The van der Waals surface area contributed by atoms with Crippen molar-refractivity contribution in [2.24, 2.45) is 5.73 Å². The van der Waals surface area contributed by atoms with Gasteiger partial charge in [-0.2, -0.15) is 0 Å². The molecule has 0 aliphatic carbocycles. The van der Waals surface area contributed by atoms with Crippen LogP contribution in [0.5, 0.6) is 0 Å². The second-order valence-corrected chi connectivity index (χ2v) is 2.84. The maximum Gasteiger partial charge on any atom is 0.311 e. The van der Waals surface area contributed by atoms with Crippen LogP contribution >= 0.6 is 0 Å². The minimum atomic E-state index is -0.290. The second kappa shape index (κ2) is 5.33. The summed E-state index contributed by atoms with van der Waals surface area (Å²) in [6, 6.07) is 0. The molecule has 78 valence electrons. The third-order valence-corrected chi connectivity index (χ3v) is 1.83. The van der Waals surface area contributed by atoms with Crippen LogP contribution in [0.15, 0.2) is 6.20 Å². The topological polar surface area (TPSA) is 83.0 Å². The van der Waals surface area contributed by atoms with Crippen LogP contribution in [-0.2, 0) is 22.5 Å². The van der Waals surface area contributed by atoms with Crippen molar-refractivity contribution in [1.29, 1.82) is 0 Å². The maximum atomic E-state index is 11.0. The number of hydrogen-bond donors (Lipinski definition) is 1. The van der Waals surface area contributed by atoms with Gasteiger partial charge in [0.25, 0.3) is 0 Å². The zero-order chi connectivity index (χ0) is 10.4. The van der Waals surface area contributed by atoms with Crippen LogP contribution in [0.3, 0.4) is 0 Å². The first-order valence-electron chi connectivity index (χ1n) is 4.42. The smallest absolute Gasteiger partial charge is 0.311 e. The van der Waals surface area contributed by atoms with Crippen molar-refractivity contribution in [3.8, 4) is 0 Å². The number of rotatable bonds is 5. The zero-order valence-electron chi connectivity index (χ0n) is 8.14. The fourth-order valence-corrected chi connectivity index (χ4v) is 1.07. The average Bonchev–Trinajstić information content (AvgIpc) is 2.62. The molecule has 0 atom stereocenters. The molecule has 0 spiro atoms. The number of aryl methyl sites for hydroxylation is 1. The van der Waals surface area contributed by atoms with Gasteiger partial charge in [0.05, 0.1) is 25.4 Å². The van der Waals surface area contributed by atoms with Gasteiger partial charge in [-0.1, -0.05) is 5.21 Å². The van der Waals surface area contributed by atoms with Crippen molar-refractivity contribution in [1.82, 2.24) is 15.0 Å². The minimum absolute atomic E-state index is 0.202. The monoisotopic (exact) mass is 198 g/mol. The molecule has 0 aliphatic heterocycles. The molecule has 1 rings (SSSR count). The molecule has 0 aliphatic rings. The van der Waals surface area contributed by atoms with Gasteiger partial charge in [-0.15, -0.1) is 5.10 Å². The number of esters is 1. The van der Waals surface area contributed by atoms with Crippen LogP contribution in [0.1, 0.15) is 12.1 Å². The Balaban J connectivity index is 2.57. The Morgan fingerprint density at radius 2 is 2.50 bits per heavy atom. The lowest BCUT2D eigenvalue weighted by molar-refractivity contribution is -0.139. The van der Waals surface area contributed by atoms with Gasteiger partial charge >= 0.3 is 5.97 Å². The van der Waals surface area contributed by atoms with E-state index in [1.54, 1.807) is 10.9 Å². The quantitative estimate of drug-likeness (QED) is 0.635. The summed E-state index contributed by atoms with van der Waals surface area (Å²) >= 11 is 0. The molecule has 0 saturated heterocycles. The SMILES string of the molecule is COC(=O)Cc1cnnn1CCCN. The van der Waals surface area contributed by atoms with E-state index < -0.39 is 0 Å². The number of carbonyl (C=O) groups excluding carboxylic acids is 1. The Kier molecular flexibility index (Phi) is 4.06. The van der Waals surface area contributed by atoms with Crippen molar-refractivity contribution in [3.05, 3.63) is 11.9 Å². The highest BCUT2D eigenvalue weighted by Gasteiger charge is 2.08. The molecule has 0 radical (unpaired) electrons. The first-order valence-corrected chi connectivity index (χ1v) is 4.42. The lowest BCUT2D eigenvalue weighted by atomic mass is 10.3. The Labute approximate surface area is 82.0 Å². The van der Waals surface area contributed by atoms with Crippen molar-refractivity contribution in [2.75, 3.05) is 13.7 Å². The molecule has 2 N–H and O–H groups in total. The summed E-state index contributed by atoms with van der Waals surface area (Å²) in [5.74, 6) is -0.290. The van der Waals surface area contributed by atoms with E-state index in [0.29, 0.717) is 13.1 Å². The highest BCUT2D eigenvalue weighted by Crippen LogP contribution is 1.99. The van der Waals surface area contributed by atoms with Gasteiger partial charge in [0.1, 0.15) is 0 Å². The average molecular weight is 198 g/mol. The zero-order valence-corrected chi connectivity index (χ0v) is 8.14. The van der Waals surface area contributed by atoms with Gasteiger partial charge in [-0.25, -0.2) is 4.68 Å². The Morgan fingerprint density at radius 3 is 3.14 bits per heavy atom. The molecule has 6 nitrogen and oxygen atoms in total. The molecule has 14 heavy (non-hydrogen) atoms. The molecule has 0 saturated carbocycles. The van der Waals surface area contributed by atoms with E-state index in [4.69, 9.17) is 5.73 Å². The van der Waals surface area contributed by atoms with Gasteiger partial charge in [-0.3, -0.25) is 4.79 Å². The second-order valence-electron chi connectivity index (χ2n) is 2.84. The highest BCUT2D eigenvalue weighted by molar-refractivity contribution is 5.71. The standard InChI is InChI=1S/C8H14N4O2/c1-14-8(13)5-7-6-10-11-12(7)4-2-3-9/h6H,2-5,9H2,1H3. The van der Waals surface area contributed by atoms with E-state index in [1.807, 2.05) is 0 Å². The first kappa shape index (κ1) is 10.6. The molecule has 6 heteroatoms. The van der Waals surface area contributed by atoms with Gasteiger partial charge in [0, 0.05) is 6.54 Å². The summed E-state index contributed by atoms with van der Waals surface area (Å²) in [6.45, 7) is 1.28. The molecule has 0 amide bonds. The predicted molar refractivity (Wildman–Crippen MR) is 49.4 cm³/mol. The third kappa shape index (κ3) is 2.81. The van der Waals surface area contributed by atoms with E-state index >= 15 is 0 Å². The summed E-state index contributed by atoms with van der Waals surface area (Å²) in [5, 5.41) is 7.57. The lowest BCUT2D eigenvalue weighted by Crippen LogP contribution is -2.13. The molecular weight excluding hydrogens is 184 g/mol. The van der Waals surface area contributed by atoms with Crippen molar-refractivity contribution in [2.45, 2.75) is 19.4 Å². The van der Waals surface area contributed by atoms with E-state index in [0.717, 1.165) is 12.1 Å². The van der Waals surface area contributed by atoms with E-state index in [2.05, 4.69) is 15.0 Å². The van der Waals surface area contributed by atoms with Gasteiger partial charge in [0.15, 0.2) is 0 Å². The van der Waals surface area contributed by atoms with E-state index in [9.17, 15) is 4.79 Å². The molecule has 1 aromatic heterocycles. The van der Waals surface area contributed by atoms with Gasteiger partial charge in [0.2, 0.25) is 0 Å². The Bertz CT molecular complexity index is 297. The van der Waals surface area contributed by atoms with Crippen molar-refractivity contribution < 1.29 is 9.53 Å². The summed E-state index contributed by atoms with van der Waals surface area (Å²) in [4.78, 5) is 11.0. The number of nitrogens with zero attached hydrogens (tertiary/aromatic N) is 3. The largest absolute Gasteiger partial charge is 0.469 e. The van der Waals surface area contributed by atoms with E-state index in [1.165, 1.54) is 7.11 Å². The van der Waals surface area contributed by atoms with Crippen molar-refractivity contribution in [3.63, 3.8) is 0 Å². The van der Waals surface area contributed by atoms with Crippen LogP contribution in [0.4, 0.5) is 0 Å². The fourth-order valence-electron chi connectivity index (χ4n) is 1.07. The summed E-state index contributed by atoms with van der Waals surface area (Å²) in [5.41, 5.74) is 6.12. The summed E-state index contributed by atoms with van der Waals surface area (Å²) in [6.07, 6.45) is 2.58. The van der Waals surface area contributed by atoms with Gasteiger partial charge in [-0.05, 0) is 13.0 Å². The predicted octanol–water partition coefficient (Wildman–Crippen LogP) is -0.658. The van der Waals surface area contributed by atoms with Crippen molar-refractivity contribution >= 4 is 5.97 Å². The van der Waals surface area contributed by atoms with E-state index in [-0.39, 0.29) is 12.4 Å². The van der Waals surface area contributed by atoms with Crippen LogP contribution in [-0.4, -0.2) is 34.6 Å². The minimum Gasteiger partial charge on any atom is -0.469 e. The lowest BCUT2D eigenvalue weighted by Gasteiger charge is -2.03. The molecule has 1 heterocycles. The molecule has 0 fully saturated rings. The molecule has 1 aromatic rings. The highest BCUT2D eigenvalue weighted by atomic mass is 16.5. The Morgan fingerprint density at radius 1 is 1.71 bits per heavy atom. The molecule has 0 bridgehead atoms. The van der Waals surface area contributed by atoms with Crippen LogP contribution in [0.25, 0.3) is 0 Å². The van der Waals surface area contributed by atoms with Crippen LogP contribution < -0.4 is 5.73 Å².